The fourth-order valence-electron chi connectivity index (χ4n) is 5.38. The second-order valence-electron chi connectivity index (χ2n) is 12.4. The molecule has 47 heavy (non-hydrogen) atoms. The van der Waals surface area contributed by atoms with Crippen LogP contribution in [-0.4, -0.2) is 64.3 Å². The Hall–Kier alpha value is -4.59. The molecule has 2 aromatic heterocycles. The van der Waals surface area contributed by atoms with E-state index in [-0.39, 0.29) is 18.4 Å². The highest BCUT2D eigenvalue weighted by Gasteiger charge is 2.33. The minimum Gasteiger partial charge on any atom is -0.497 e. The fraction of sp³-hybridized carbons (Fsp3) is 0.303. The number of cyclic esters (lactones) is 1. The van der Waals surface area contributed by atoms with Crippen molar-refractivity contribution < 1.29 is 18.7 Å². The zero-order valence-electron chi connectivity index (χ0n) is 26.7. The molecule has 0 saturated carbocycles. The molecule has 0 spiro atoms. The van der Waals surface area contributed by atoms with Crippen LogP contribution in [0.15, 0.2) is 79.1 Å². The Morgan fingerprint density at radius 3 is 2.45 bits per heavy atom. The standard InChI is InChI=1S/C33H37FN8O3Si.ClH/c1-44-26-12-7-22(8-13-26)15-30(31-18-36-39-37-31)35-17-23-5-9-24(10-6-23)28-14-11-25(16-29(28)34)42-20-27(45-33(42)43)19-41-21-32(38-40-41)46(2,3)4;/h5-14,16,18,21,27,30,35H,15,17,19-20H2,1-4H3,(H,36,37,39);1H. The monoisotopic (exact) mass is 676 g/mol. The summed E-state index contributed by atoms with van der Waals surface area (Å²) in [5.74, 6) is 0.393. The van der Waals surface area contributed by atoms with Crippen molar-refractivity contribution in [3.8, 4) is 16.9 Å². The number of nitrogens with zero attached hydrogens (tertiary/aromatic N) is 6. The molecule has 1 aliphatic rings. The van der Waals surface area contributed by atoms with Gasteiger partial charge in [0.05, 0.1) is 42.9 Å². The van der Waals surface area contributed by atoms with Crippen LogP contribution in [0.5, 0.6) is 5.75 Å². The van der Waals surface area contributed by atoms with E-state index in [2.05, 4.69) is 50.7 Å². The molecule has 11 nitrogen and oxygen atoms in total. The number of amides is 1. The number of benzene rings is 3. The Kier molecular flexibility index (Phi) is 10.4. The van der Waals surface area contributed by atoms with E-state index in [1.807, 2.05) is 54.7 Å². The number of anilines is 1. The maximum absolute atomic E-state index is 15.4. The van der Waals surface area contributed by atoms with Crippen molar-refractivity contribution in [1.82, 2.24) is 35.7 Å². The Labute approximate surface area is 279 Å². The summed E-state index contributed by atoms with van der Waals surface area (Å²) in [6, 6.07) is 20.5. The highest BCUT2D eigenvalue weighted by Crippen LogP contribution is 2.30. The molecular formula is C33H38ClFN8O3Si. The van der Waals surface area contributed by atoms with Crippen molar-refractivity contribution in [2.45, 2.75) is 51.3 Å². The molecule has 1 fully saturated rings. The third-order valence-electron chi connectivity index (χ3n) is 8.05. The molecule has 246 valence electrons. The molecular weight excluding hydrogens is 639 g/mol. The van der Waals surface area contributed by atoms with Gasteiger partial charge < -0.3 is 14.8 Å². The lowest BCUT2D eigenvalue weighted by Gasteiger charge is -2.17. The molecule has 3 aromatic carbocycles. The number of H-pyrrole nitrogens is 1. The molecule has 0 radical (unpaired) electrons. The van der Waals surface area contributed by atoms with Gasteiger partial charge in [0.1, 0.15) is 25.7 Å². The first kappa shape index (κ1) is 33.8. The molecule has 14 heteroatoms. The number of rotatable bonds is 12. The van der Waals surface area contributed by atoms with Gasteiger partial charge >= 0.3 is 6.09 Å². The molecule has 6 rings (SSSR count). The Bertz CT molecular complexity index is 1780. The van der Waals surface area contributed by atoms with Gasteiger partial charge in [0.25, 0.3) is 0 Å². The maximum Gasteiger partial charge on any atom is 0.414 e. The summed E-state index contributed by atoms with van der Waals surface area (Å²) in [5, 5.41) is 24.0. The van der Waals surface area contributed by atoms with Crippen LogP contribution in [0.4, 0.5) is 14.9 Å². The number of nitrogens with one attached hydrogen (secondary N) is 2. The first-order valence-electron chi connectivity index (χ1n) is 15.2. The van der Waals surface area contributed by atoms with E-state index in [1.165, 1.54) is 11.0 Å². The van der Waals surface area contributed by atoms with Gasteiger partial charge in [-0.05, 0) is 53.4 Å². The number of hydrogen-bond acceptors (Lipinski definition) is 8. The maximum atomic E-state index is 15.4. The smallest absolute Gasteiger partial charge is 0.414 e. The highest BCUT2D eigenvalue weighted by atomic mass is 35.5. The third kappa shape index (κ3) is 8.04. The van der Waals surface area contributed by atoms with E-state index in [4.69, 9.17) is 9.47 Å². The highest BCUT2D eigenvalue weighted by molar-refractivity contribution is 6.88. The number of methoxy groups -OCH3 is 1. The third-order valence-corrected chi connectivity index (χ3v) is 9.81. The molecule has 2 atom stereocenters. The SMILES string of the molecule is COc1ccc(CC(NCc2ccc(-c3ccc(N4CC(Cn5cc([Si](C)(C)C)nn5)OC4=O)cc3F)cc2)c2c[nH]nn2)cc1.Cl. The molecule has 1 aliphatic heterocycles. The molecule has 1 saturated heterocycles. The van der Waals surface area contributed by atoms with E-state index in [0.717, 1.165) is 39.9 Å². The lowest BCUT2D eigenvalue weighted by molar-refractivity contribution is 0.129. The topological polar surface area (TPSA) is 123 Å². The predicted octanol–water partition coefficient (Wildman–Crippen LogP) is 5.28. The van der Waals surface area contributed by atoms with Crippen LogP contribution in [-0.2, 0) is 24.2 Å². The average molecular weight is 677 g/mol. The fourth-order valence-corrected chi connectivity index (χ4v) is 6.26. The van der Waals surface area contributed by atoms with Crippen molar-refractivity contribution in [3.63, 3.8) is 0 Å². The summed E-state index contributed by atoms with van der Waals surface area (Å²) < 4.78 is 28.0. The van der Waals surface area contributed by atoms with E-state index < -0.39 is 26.1 Å². The van der Waals surface area contributed by atoms with Crippen LogP contribution in [0.1, 0.15) is 22.9 Å². The summed E-state index contributed by atoms with van der Waals surface area (Å²) >= 11 is 0. The van der Waals surface area contributed by atoms with Gasteiger partial charge in [-0.15, -0.1) is 22.6 Å². The van der Waals surface area contributed by atoms with E-state index in [0.29, 0.717) is 30.9 Å². The number of ether oxygens (including phenoxy) is 2. The Morgan fingerprint density at radius 1 is 1.06 bits per heavy atom. The molecule has 0 bridgehead atoms. The summed E-state index contributed by atoms with van der Waals surface area (Å²) in [7, 11) is 0.0564. The number of carbonyl (C=O) groups is 1. The van der Waals surface area contributed by atoms with Crippen LogP contribution < -0.4 is 20.3 Å². The van der Waals surface area contributed by atoms with Gasteiger partial charge in [-0.3, -0.25) is 10.00 Å². The predicted molar refractivity (Wildman–Crippen MR) is 182 cm³/mol. The van der Waals surface area contributed by atoms with Gasteiger partial charge in [0.15, 0.2) is 0 Å². The summed E-state index contributed by atoms with van der Waals surface area (Å²) in [4.78, 5) is 14.1. The second-order valence-corrected chi connectivity index (χ2v) is 17.4. The molecule has 0 aliphatic carbocycles. The number of aromatic nitrogens is 6. The molecule has 5 aromatic rings. The zero-order chi connectivity index (χ0) is 32.3. The molecule has 2 N–H and O–H groups in total. The van der Waals surface area contributed by atoms with Gasteiger partial charge in [-0.1, -0.05) is 66.5 Å². The number of aromatic amines is 1. The second kappa shape index (κ2) is 14.4. The zero-order valence-corrected chi connectivity index (χ0v) is 28.5. The van der Waals surface area contributed by atoms with Gasteiger partial charge in [-0.2, -0.15) is 0 Å². The number of carbonyl (C=O) groups excluding carboxylic acids is 1. The van der Waals surface area contributed by atoms with Crippen molar-refractivity contribution >= 4 is 37.6 Å². The quantitative estimate of drug-likeness (QED) is 0.171. The first-order chi connectivity index (χ1) is 22.2. The molecule has 1 amide bonds. The Balaban J connectivity index is 0.00000433. The van der Waals surface area contributed by atoms with Crippen molar-refractivity contribution in [2.75, 3.05) is 18.6 Å². The van der Waals surface area contributed by atoms with Crippen LogP contribution in [0.2, 0.25) is 19.6 Å². The van der Waals surface area contributed by atoms with Crippen LogP contribution in [0.25, 0.3) is 11.1 Å². The van der Waals surface area contributed by atoms with Crippen LogP contribution >= 0.6 is 12.4 Å². The van der Waals surface area contributed by atoms with E-state index in [9.17, 15) is 4.79 Å². The minimum atomic E-state index is -1.59. The molecule has 3 heterocycles. The lowest BCUT2D eigenvalue weighted by atomic mass is 10.0. The first-order valence-corrected chi connectivity index (χ1v) is 18.7. The lowest BCUT2D eigenvalue weighted by Crippen LogP contribution is -2.38. The van der Waals surface area contributed by atoms with Crippen molar-refractivity contribution in [3.05, 3.63) is 102 Å². The summed E-state index contributed by atoms with van der Waals surface area (Å²) in [6.45, 7) is 7.88. The van der Waals surface area contributed by atoms with Crippen molar-refractivity contribution in [2.24, 2.45) is 0 Å². The number of hydrogen-bond donors (Lipinski definition) is 2. The van der Waals surface area contributed by atoms with Gasteiger partial charge in [0.2, 0.25) is 0 Å². The van der Waals surface area contributed by atoms with Crippen LogP contribution in [0.3, 0.4) is 0 Å². The Morgan fingerprint density at radius 2 is 1.81 bits per heavy atom. The van der Waals surface area contributed by atoms with E-state index >= 15 is 4.39 Å². The van der Waals surface area contributed by atoms with Crippen molar-refractivity contribution in [1.29, 1.82) is 0 Å². The average Bonchev–Trinajstić information content (AvgIpc) is 3.82. The largest absolute Gasteiger partial charge is 0.497 e. The normalized spacial score (nSPS) is 15.3. The summed E-state index contributed by atoms with van der Waals surface area (Å²) in [5.41, 5.74) is 4.64. The van der Waals surface area contributed by atoms with Gasteiger partial charge in [-0.25, -0.2) is 13.9 Å². The number of halogens is 2. The summed E-state index contributed by atoms with van der Waals surface area (Å²) in [6.07, 6.45) is 3.52. The van der Waals surface area contributed by atoms with Gasteiger partial charge in [0, 0.05) is 24.5 Å². The minimum absolute atomic E-state index is 0. The van der Waals surface area contributed by atoms with E-state index in [1.54, 1.807) is 30.1 Å². The molecule has 2 unspecified atom stereocenters. The van der Waals surface area contributed by atoms with Crippen LogP contribution in [0, 0.1) is 5.82 Å².